The van der Waals surface area contributed by atoms with Gasteiger partial charge in [-0.3, -0.25) is 9.59 Å². The van der Waals surface area contributed by atoms with Crippen LogP contribution in [0.4, 0.5) is 0 Å². The summed E-state index contributed by atoms with van der Waals surface area (Å²) in [5, 5.41) is 6.83. The van der Waals surface area contributed by atoms with Gasteiger partial charge in [0.15, 0.2) is 11.5 Å². The maximum absolute atomic E-state index is 12.7. The van der Waals surface area contributed by atoms with Gasteiger partial charge in [-0.25, -0.2) is 0 Å². The predicted molar refractivity (Wildman–Crippen MR) is 125 cm³/mol. The number of ether oxygens (including phenoxy) is 1. The summed E-state index contributed by atoms with van der Waals surface area (Å²) in [4.78, 5) is 27.0. The van der Waals surface area contributed by atoms with Gasteiger partial charge >= 0.3 is 0 Å². The Balaban J connectivity index is 1.21. The maximum atomic E-state index is 12.7. The summed E-state index contributed by atoms with van der Waals surface area (Å²) >= 11 is 0. The summed E-state index contributed by atoms with van der Waals surface area (Å²) in [5.41, 5.74) is 2.98. The topological polar surface area (TPSA) is 84.7 Å². The van der Waals surface area contributed by atoms with Crippen molar-refractivity contribution in [2.45, 2.75) is 26.2 Å². The maximum Gasteiger partial charge on any atom is 0.273 e. The van der Waals surface area contributed by atoms with Gasteiger partial charge in [0.2, 0.25) is 0 Å². The lowest BCUT2D eigenvalue weighted by molar-refractivity contribution is 0.0687. The van der Waals surface area contributed by atoms with E-state index < -0.39 is 0 Å². The average molecular weight is 448 g/mol. The van der Waals surface area contributed by atoms with Crippen molar-refractivity contribution in [1.29, 1.82) is 0 Å². The van der Waals surface area contributed by atoms with Crippen molar-refractivity contribution in [2.24, 2.45) is 5.92 Å². The zero-order valence-electron chi connectivity index (χ0n) is 19.0. The van der Waals surface area contributed by atoms with Crippen LogP contribution in [-0.2, 0) is 0 Å². The van der Waals surface area contributed by atoms with Gasteiger partial charge in [-0.15, -0.1) is 0 Å². The van der Waals surface area contributed by atoms with E-state index in [0.717, 1.165) is 54.8 Å². The molecule has 4 rings (SSSR count). The minimum absolute atomic E-state index is 0.0976. The van der Waals surface area contributed by atoms with Crippen molar-refractivity contribution < 1.29 is 18.8 Å². The fourth-order valence-corrected chi connectivity index (χ4v) is 4.06. The van der Waals surface area contributed by atoms with Crippen LogP contribution in [0.5, 0.6) is 5.75 Å². The Hall–Kier alpha value is -3.61. The highest BCUT2D eigenvalue weighted by Crippen LogP contribution is 2.24. The van der Waals surface area contributed by atoms with E-state index in [1.807, 2.05) is 60.4 Å². The molecule has 33 heavy (non-hydrogen) atoms. The fourth-order valence-electron chi connectivity index (χ4n) is 4.06. The Morgan fingerprint density at radius 3 is 2.45 bits per heavy atom. The molecule has 1 aromatic heterocycles. The van der Waals surface area contributed by atoms with E-state index >= 15 is 0 Å². The Labute approximate surface area is 193 Å². The van der Waals surface area contributed by atoms with E-state index in [9.17, 15) is 9.59 Å². The molecule has 7 nitrogen and oxygen atoms in total. The molecule has 0 unspecified atom stereocenters. The fraction of sp³-hybridized carbons (Fsp3) is 0.346. The van der Waals surface area contributed by atoms with Crippen molar-refractivity contribution in [3.05, 3.63) is 71.4 Å². The Bertz CT molecular complexity index is 1080. The SMILES string of the molecule is COc1ccc(-c2cc(C(=O)NCCC3CCN(C(=O)c4ccc(C)cc4)CC3)no2)cc1. The molecular weight excluding hydrogens is 418 g/mol. The molecule has 0 aliphatic carbocycles. The minimum Gasteiger partial charge on any atom is -0.497 e. The van der Waals surface area contributed by atoms with Crippen LogP contribution in [-0.4, -0.2) is 48.6 Å². The minimum atomic E-state index is -0.245. The summed E-state index contributed by atoms with van der Waals surface area (Å²) in [6, 6.07) is 16.7. The number of benzene rings is 2. The molecule has 1 aliphatic heterocycles. The quantitative estimate of drug-likeness (QED) is 0.583. The molecule has 172 valence electrons. The number of likely N-dealkylation sites (tertiary alicyclic amines) is 1. The lowest BCUT2D eigenvalue weighted by atomic mass is 9.93. The molecule has 7 heteroatoms. The van der Waals surface area contributed by atoms with Gasteiger partial charge < -0.3 is 19.5 Å². The number of carbonyl (C=O) groups excluding carboxylic acids is 2. The third-order valence-corrected chi connectivity index (χ3v) is 6.16. The van der Waals surface area contributed by atoms with E-state index in [2.05, 4.69) is 10.5 Å². The van der Waals surface area contributed by atoms with Crippen LogP contribution in [0.3, 0.4) is 0 Å². The van der Waals surface area contributed by atoms with Gasteiger partial charge in [-0.05, 0) is 68.5 Å². The first-order valence-electron chi connectivity index (χ1n) is 11.3. The highest BCUT2D eigenvalue weighted by Gasteiger charge is 2.23. The molecule has 0 bridgehead atoms. The van der Waals surface area contributed by atoms with Crippen molar-refractivity contribution in [2.75, 3.05) is 26.7 Å². The number of nitrogens with zero attached hydrogens (tertiary/aromatic N) is 2. The van der Waals surface area contributed by atoms with E-state index in [4.69, 9.17) is 9.26 Å². The Morgan fingerprint density at radius 1 is 1.09 bits per heavy atom. The van der Waals surface area contributed by atoms with Crippen LogP contribution >= 0.6 is 0 Å². The van der Waals surface area contributed by atoms with Gasteiger partial charge in [0.05, 0.1) is 7.11 Å². The number of rotatable bonds is 7. The van der Waals surface area contributed by atoms with Crippen molar-refractivity contribution in [3.8, 4) is 17.1 Å². The van der Waals surface area contributed by atoms with E-state index in [1.165, 1.54) is 0 Å². The largest absolute Gasteiger partial charge is 0.497 e. The Morgan fingerprint density at radius 2 is 1.79 bits per heavy atom. The van der Waals surface area contributed by atoms with Crippen LogP contribution in [0.15, 0.2) is 59.1 Å². The number of methoxy groups -OCH3 is 1. The first kappa shape index (κ1) is 22.6. The Kier molecular flexibility index (Phi) is 7.07. The first-order valence-corrected chi connectivity index (χ1v) is 11.3. The van der Waals surface area contributed by atoms with Crippen molar-refractivity contribution in [3.63, 3.8) is 0 Å². The van der Waals surface area contributed by atoms with Crippen LogP contribution < -0.4 is 10.1 Å². The van der Waals surface area contributed by atoms with Gasteiger partial charge in [-0.2, -0.15) is 0 Å². The van der Waals surface area contributed by atoms with Gasteiger partial charge in [0.25, 0.3) is 11.8 Å². The molecule has 2 aromatic carbocycles. The molecule has 0 atom stereocenters. The first-order chi connectivity index (χ1) is 16.0. The summed E-state index contributed by atoms with van der Waals surface area (Å²) in [6.45, 7) is 4.08. The second-order valence-electron chi connectivity index (χ2n) is 8.45. The lowest BCUT2D eigenvalue weighted by Crippen LogP contribution is -2.39. The number of hydrogen-bond donors (Lipinski definition) is 1. The second-order valence-corrected chi connectivity index (χ2v) is 8.45. The van der Waals surface area contributed by atoms with Crippen LogP contribution in [0, 0.1) is 12.8 Å². The van der Waals surface area contributed by atoms with Crippen LogP contribution in [0.2, 0.25) is 0 Å². The van der Waals surface area contributed by atoms with Crippen molar-refractivity contribution in [1.82, 2.24) is 15.4 Å². The average Bonchev–Trinajstić information content (AvgIpc) is 3.35. The molecule has 0 spiro atoms. The number of carbonyl (C=O) groups is 2. The molecule has 3 aromatic rings. The van der Waals surface area contributed by atoms with Crippen molar-refractivity contribution >= 4 is 11.8 Å². The van der Waals surface area contributed by atoms with Gasteiger partial charge in [-0.1, -0.05) is 22.9 Å². The summed E-state index contributed by atoms with van der Waals surface area (Å²) in [6.07, 6.45) is 2.76. The second kappa shape index (κ2) is 10.3. The smallest absolute Gasteiger partial charge is 0.273 e. The zero-order valence-corrected chi connectivity index (χ0v) is 19.0. The number of aromatic nitrogens is 1. The summed E-state index contributed by atoms with van der Waals surface area (Å²) < 4.78 is 10.5. The molecule has 0 saturated carbocycles. The molecular formula is C26H29N3O4. The van der Waals surface area contributed by atoms with E-state index in [0.29, 0.717) is 18.2 Å². The van der Waals surface area contributed by atoms with Gasteiger partial charge in [0.1, 0.15) is 5.75 Å². The monoisotopic (exact) mass is 447 g/mol. The third kappa shape index (κ3) is 5.61. The van der Waals surface area contributed by atoms with E-state index in [1.54, 1.807) is 13.2 Å². The lowest BCUT2D eigenvalue weighted by Gasteiger charge is -2.32. The molecule has 1 fully saturated rings. The number of hydrogen-bond acceptors (Lipinski definition) is 5. The van der Waals surface area contributed by atoms with Crippen LogP contribution in [0.25, 0.3) is 11.3 Å². The number of nitrogens with one attached hydrogen (secondary N) is 1. The normalized spacial score (nSPS) is 14.2. The van der Waals surface area contributed by atoms with E-state index in [-0.39, 0.29) is 17.5 Å². The van der Waals surface area contributed by atoms with Crippen LogP contribution in [0.1, 0.15) is 45.7 Å². The molecule has 1 saturated heterocycles. The number of amides is 2. The molecule has 0 radical (unpaired) electrons. The molecule has 1 N–H and O–H groups in total. The number of aryl methyl sites for hydroxylation is 1. The van der Waals surface area contributed by atoms with Gasteiger partial charge in [0, 0.05) is 36.8 Å². The standard InChI is InChI=1S/C26H29N3O4/c1-18-3-5-21(6-4-18)26(31)29-15-12-19(13-16-29)11-14-27-25(30)23-17-24(33-28-23)20-7-9-22(32-2)10-8-20/h3-10,17,19H,11-16H2,1-2H3,(H,27,30). The number of piperidine rings is 1. The molecule has 2 heterocycles. The third-order valence-electron chi connectivity index (χ3n) is 6.16. The highest BCUT2D eigenvalue weighted by molar-refractivity contribution is 5.94. The summed E-state index contributed by atoms with van der Waals surface area (Å²) in [7, 11) is 1.61. The summed E-state index contributed by atoms with van der Waals surface area (Å²) in [5.74, 6) is 1.63. The predicted octanol–water partition coefficient (Wildman–Crippen LogP) is 4.33. The molecule has 2 amide bonds. The zero-order chi connectivity index (χ0) is 23.2. The highest BCUT2D eigenvalue weighted by atomic mass is 16.5. The molecule has 1 aliphatic rings.